The van der Waals surface area contributed by atoms with Crippen LogP contribution in [0.25, 0.3) is 0 Å². The number of nitrogens with zero attached hydrogens (tertiary/aromatic N) is 5. The van der Waals surface area contributed by atoms with E-state index in [1.165, 1.54) is 11.8 Å². The molecule has 0 aromatic carbocycles. The topological polar surface area (TPSA) is 102 Å². The highest BCUT2D eigenvalue weighted by Crippen LogP contribution is 2.24. The normalized spacial score (nSPS) is 24.3. The zero-order chi connectivity index (χ0) is 34.5. The Morgan fingerprint density at radius 3 is 1.59 bits per heavy atom. The highest BCUT2D eigenvalue weighted by atomic mass is 16.2. The molecule has 10 nitrogen and oxygen atoms in total. The molecular formula is C34H57N5O5. The van der Waals surface area contributed by atoms with Gasteiger partial charge in [-0.3, -0.25) is 24.0 Å². The van der Waals surface area contributed by atoms with Crippen molar-refractivity contribution >= 4 is 29.5 Å². The SMILES string of the molecule is C=C(C)N(C)C(C)=O.C=C1CC(C)C(=O)N1C.C=C1CC(C)N(C)C1=O.C=CN1CCCCC1=O.CC1CC(C)N(C)C1=O. The van der Waals surface area contributed by atoms with Gasteiger partial charge in [0, 0.05) is 89.0 Å². The van der Waals surface area contributed by atoms with Crippen LogP contribution in [0.1, 0.15) is 80.1 Å². The van der Waals surface area contributed by atoms with Crippen LogP contribution >= 0.6 is 0 Å². The van der Waals surface area contributed by atoms with Gasteiger partial charge < -0.3 is 24.5 Å². The van der Waals surface area contributed by atoms with E-state index in [9.17, 15) is 24.0 Å². The number of rotatable bonds is 2. The van der Waals surface area contributed by atoms with Crippen molar-refractivity contribution in [1.29, 1.82) is 0 Å². The van der Waals surface area contributed by atoms with Gasteiger partial charge in [0.15, 0.2) is 0 Å². The molecule has 4 rings (SSSR count). The fourth-order valence-electron chi connectivity index (χ4n) is 4.72. The second-order valence-electron chi connectivity index (χ2n) is 12.1. The Bertz CT molecular complexity index is 1080. The van der Waals surface area contributed by atoms with Crippen LogP contribution in [0.15, 0.2) is 49.5 Å². The predicted octanol–water partition coefficient (Wildman–Crippen LogP) is 4.81. The summed E-state index contributed by atoms with van der Waals surface area (Å²) in [6, 6.07) is 0.803. The van der Waals surface area contributed by atoms with Gasteiger partial charge in [-0.1, -0.05) is 40.2 Å². The molecule has 0 aromatic heterocycles. The van der Waals surface area contributed by atoms with Gasteiger partial charge in [0.25, 0.3) is 0 Å². The standard InChI is InChI=1S/C7H13NO.3C7H11NO.C6H11NO/c3*1-5-4-6(2)8(3)7(5)9;1-2-8-6-4-3-5-7(8)9;1-5(2)7(4)6(3)8/h5-6H,4H2,1-3H3;5H,2,4H2,1,3H3;6H,1,4H2,2-3H3;2H,1,3-6H2;1H2,2-4H3. The predicted molar refractivity (Wildman–Crippen MR) is 177 cm³/mol. The van der Waals surface area contributed by atoms with Crippen molar-refractivity contribution in [2.45, 2.75) is 92.2 Å². The van der Waals surface area contributed by atoms with Gasteiger partial charge in [-0.2, -0.15) is 0 Å². The van der Waals surface area contributed by atoms with Crippen molar-refractivity contribution in [3.05, 3.63) is 49.5 Å². The summed E-state index contributed by atoms with van der Waals surface area (Å²) in [7, 11) is 7.15. The number of hydrogen-bond acceptors (Lipinski definition) is 5. The number of allylic oxidation sites excluding steroid dienone is 2. The second kappa shape index (κ2) is 18.9. The largest absolute Gasteiger partial charge is 0.343 e. The quantitative estimate of drug-likeness (QED) is 0.415. The molecule has 0 spiro atoms. The minimum atomic E-state index is 0.0255. The molecule has 248 valence electrons. The maximum atomic E-state index is 11.0. The Balaban J connectivity index is 0.000000526. The molecule has 4 aliphatic heterocycles. The average molecular weight is 616 g/mol. The third kappa shape index (κ3) is 12.5. The van der Waals surface area contributed by atoms with Crippen molar-refractivity contribution in [1.82, 2.24) is 24.5 Å². The van der Waals surface area contributed by atoms with E-state index in [1.54, 1.807) is 41.9 Å². The Kier molecular flexibility index (Phi) is 17.3. The van der Waals surface area contributed by atoms with Crippen LogP contribution in [0.2, 0.25) is 0 Å². The first kappa shape index (κ1) is 40.3. The molecule has 0 bridgehead atoms. The third-order valence-corrected chi connectivity index (χ3v) is 8.34. The van der Waals surface area contributed by atoms with Gasteiger partial charge in [-0.15, -0.1) is 0 Å². The summed E-state index contributed by atoms with van der Waals surface area (Å²) >= 11 is 0. The third-order valence-electron chi connectivity index (χ3n) is 8.34. The number of likely N-dealkylation sites (tertiary alicyclic amines) is 4. The monoisotopic (exact) mass is 615 g/mol. The molecule has 10 heteroatoms. The lowest BCUT2D eigenvalue weighted by Crippen LogP contribution is -2.29. The Hall–Kier alpha value is -3.69. The Labute approximate surface area is 266 Å². The molecule has 4 heterocycles. The molecule has 4 atom stereocenters. The Morgan fingerprint density at radius 1 is 0.864 bits per heavy atom. The highest BCUT2D eigenvalue weighted by molar-refractivity contribution is 5.95. The minimum absolute atomic E-state index is 0.0255. The van der Waals surface area contributed by atoms with Crippen LogP contribution in [0.3, 0.4) is 0 Å². The number of carbonyl (C=O) groups excluding carboxylic acids is 5. The summed E-state index contributed by atoms with van der Waals surface area (Å²) in [5.74, 6) is 1.24. The molecule has 4 saturated heterocycles. The summed E-state index contributed by atoms with van der Waals surface area (Å²) in [5, 5.41) is 0. The van der Waals surface area contributed by atoms with Crippen LogP contribution in [0, 0.1) is 11.8 Å². The Morgan fingerprint density at radius 2 is 1.43 bits per heavy atom. The molecule has 4 fully saturated rings. The van der Waals surface area contributed by atoms with Gasteiger partial charge in [-0.05, 0) is 59.1 Å². The van der Waals surface area contributed by atoms with Crippen LogP contribution in [0.4, 0.5) is 0 Å². The van der Waals surface area contributed by atoms with E-state index in [4.69, 9.17) is 0 Å². The number of piperidine rings is 1. The van der Waals surface area contributed by atoms with Crippen molar-refractivity contribution in [3.8, 4) is 0 Å². The molecule has 44 heavy (non-hydrogen) atoms. The molecule has 0 aromatic rings. The van der Waals surface area contributed by atoms with E-state index in [-0.39, 0.29) is 35.5 Å². The summed E-state index contributed by atoms with van der Waals surface area (Å²) in [6.07, 6.45) is 7.16. The second-order valence-corrected chi connectivity index (χ2v) is 12.1. The zero-order valence-electron chi connectivity index (χ0n) is 28.9. The maximum Gasteiger partial charge on any atom is 0.249 e. The summed E-state index contributed by atoms with van der Waals surface area (Å²) < 4.78 is 0. The van der Waals surface area contributed by atoms with Crippen molar-refractivity contribution in [2.24, 2.45) is 11.8 Å². The number of carbonyl (C=O) groups is 5. The molecule has 5 amide bonds. The fraction of sp³-hybridized carbons (Fsp3) is 0.618. The van der Waals surface area contributed by atoms with Gasteiger partial charge in [0.05, 0.1) is 0 Å². The minimum Gasteiger partial charge on any atom is -0.343 e. The van der Waals surface area contributed by atoms with E-state index >= 15 is 0 Å². The highest BCUT2D eigenvalue weighted by Gasteiger charge is 2.31. The molecule has 0 saturated carbocycles. The number of likely N-dealkylation sites (N-methyl/N-ethyl adjacent to an activating group) is 1. The zero-order valence-corrected chi connectivity index (χ0v) is 28.9. The lowest BCUT2D eigenvalue weighted by Gasteiger charge is -2.21. The lowest BCUT2D eigenvalue weighted by molar-refractivity contribution is -0.131. The van der Waals surface area contributed by atoms with Crippen molar-refractivity contribution < 1.29 is 24.0 Å². The first-order valence-electron chi connectivity index (χ1n) is 15.3. The van der Waals surface area contributed by atoms with Crippen LogP contribution in [-0.2, 0) is 24.0 Å². The van der Waals surface area contributed by atoms with E-state index in [0.29, 0.717) is 24.4 Å². The van der Waals surface area contributed by atoms with Crippen LogP contribution in [-0.4, -0.2) is 101 Å². The molecule has 0 radical (unpaired) electrons. The molecule has 4 unspecified atom stereocenters. The van der Waals surface area contributed by atoms with Gasteiger partial charge in [-0.25, -0.2) is 0 Å². The molecule has 0 N–H and O–H groups in total. The first-order valence-corrected chi connectivity index (χ1v) is 15.3. The van der Waals surface area contributed by atoms with E-state index < -0.39 is 0 Å². The van der Waals surface area contributed by atoms with Gasteiger partial charge in [0.2, 0.25) is 29.5 Å². The molecule has 0 aliphatic carbocycles. The van der Waals surface area contributed by atoms with E-state index in [2.05, 4.69) is 33.2 Å². The van der Waals surface area contributed by atoms with Crippen molar-refractivity contribution in [3.63, 3.8) is 0 Å². The molecular weight excluding hydrogens is 558 g/mol. The smallest absolute Gasteiger partial charge is 0.249 e. The summed E-state index contributed by atoms with van der Waals surface area (Å²) in [4.78, 5) is 62.7. The lowest BCUT2D eigenvalue weighted by atomic mass is 10.1. The first-order chi connectivity index (χ1) is 20.3. The van der Waals surface area contributed by atoms with Crippen molar-refractivity contribution in [2.75, 3.05) is 34.7 Å². The number of hydrogen-bond donors (Lipinski definition) is 0. The van der Waals surface area contributed by atoms with E-state index in [0.717, 1.165) is 55.6 Å². The fourth-order valence-corrected chi connectivity index (χ4v) is 4.72. The number of amides is 5. The average Bonchev–Trinajstić information content (AvgIpc) is 3.44. The van der Waals surface area contributed by atoms with Crippen LogP contribution < -0.4 is 0 Å². The van der Waals surface area contributed by atoms with E-state index in [1.807, 2.05) is 39.8 Å². The molecule has 4 aliphatic rings. The van der Waals surface area contributed by atoms with Gasteiger partial charge in [0.1, 0.15) is 0 Å². The summed E-state index contributed by atoms with van der Waals surface area (Å²) in [5.41, 5.74) is 2.45. The van der Waals surface area contributed by atoms with Gasteiger partial charge >= 0.3 is 0 Å². The maximum absolute atomic E-state index is 11.0. The summed E-state index contributed by atoms with van der Waals surface area (Å²) in [6.45, 7) is 26.7. The van der Waals surface area contributed by atoms with Crippen LogP contribution in [0.5, 0.6) is 0 Å².